The summed E-state index contributed by atoms with van der Waals surface area (Å²) in [5.41, 5.74) is 6.22. The van der Waals surface area contributed by atoms with Gasteiger partial charge in [-0.2, -0.15) is 0 Å². The van der Waals surface area contributed by atoms with Gasteiger partial charge in [-0.3, -0.25) is 4.90 Å². The molecule has 1 rings (SSSR count). The molecule has 2 atom stereocenters. The summed E-state index contributed by atoms with van der Waals surface area (Å²) in [6.45, 7) is 7.47. The molecule has 19 heavy (non-hydrogen) atoms. The Balaban J connectivity index is 2.83. The molecule has 114 valence electrons. The molecular formula is C14H31N3O2. The van der Waals surface area contributed by atoms with E-state index in [2.05, 4.69) is 23.8 Å². The van der Waals surface area contributed by atoms with Crippen molar-refractivity contribution < 1.29 is 9.47 Å². The van der Waals surface area contributed by atoms with Crippen molar-refractivity contribution in [1.29, 1.82) is 0 Å². The van der Waals surface area contributed by atoms with Crippen molar-refractivity contribution in [2.24, 2.45) is 5.73 Å². The summed E-state index contributed by atoms with van der Waals surface area (Å²) < 4.78 is 10.6. The average Bonchev–Trinajstić information content (AvgIpc) is 2.39. The highest BCUT2D eigenvalue weighted by atomic mass is 16.5. The number of likely N-dealkylation sites (N-methyl/N-ethyl adjacent to an activating group) is 1. The molecule has 1 heterocycles. The van der Waals surface area contributed by atoms with Crippen molar-refractivity contribution in [2.75, 3.05) is 60.7 Å². The van der Waals surface area contributed by atoms with Crippen LogP contribution in [0, 0.1) is 0 Å². The van der Waals surface area contributed by atoms with Gasteiger partial charge < -0.3 is 20.1 Å². The van der Waals surface area contributed by atoms with Crippen molar-refractivity contribution in [3.63, 3.8) is 0 Å². The zero-order chi connectivity index (χ0) is 14.3. The fraction of sp³-hybridized carbons (Fsp3) is 1.00. The summed E-state index contributed by atoms with van der Waals surface area (Å²) in [5, 5.41) is 0. The fourth-order valence-corrected chi connectivity index (χ4v) is 3.30. The van der Waals surface area contributed by atoms with Crippen molar-refractivity contribution >= 4 is 0 Å². The average molecular weight is 273 g/mol. The van der Waals surface area contributed by atoms with Crippen molar-refractivity contribution in [3.8, 4) is 0 Å². The molecule has 1 saturated heterocycles. The first-order valence-corrected chi connectivity index (χ1v) is 7.23. The molecular weight excluding hydrogens is 242 g/mol. The number of hydrogen-bond donors (Lipinski definition) is 1. The Labute approximate surface area is 118 Å². The number of ether oxygens (including phenoxy) is 2. The van der Waals surface area contributed by atoms with Gasteiger partial charge in [-0.1, -0.05) is 0 Å². The van der Waals surface area contributed by atoms with Crippen LogP contribution in [0.1, 0.15) is 19.8 Å². The van der Waals surface area contributed by atoms with Gasteiger partial charge in [0.15, 0.2) is 0 Å². The molecule has 1 aliphatic heterocycles. The second-order valence-electron chi connectivity index (χ2n) is 5.76. The second-order valence-corrected chi connectivity index (χ2v) is 5.76. The predicted molar refractivity (Wildman–Crippen MR) is 78.4 cm³/mol. The largest absolute Gasteiger partial charge is 0.383 e. The lowest BCUT2D eigenvalue weighted by Gasteiger charge is -2.50. The normalized spacial score (nSPS) is 26.8. The van der Waals surface area contributed by atoms with E-state index in [4.69, 9.17) is 15.2 Å². The van der Waals surface area contributed by atoms with E-state index in [1.807, 2.05) is 0 Å². The maximum atomic E-state index is 6.16. The van der Waals surface area contributed by atoms with Gasteiger partial charge in [-0.25, -0.2) is 0 Å². The zero-order valence-electron chi connectivity index (χ0n) is 13.0. The SMILES string of the molecule is COCCN(C(C)COC)C1(CN)CCCN(C)C1. The summed E-state index contributed by atoms with van der Waals surface area (Å²) >= 11 is 0. The predicted octanol–water partition coefficient (Wildman–Crippen LogP) is 0.393. The topological polar surface area (TPSA) is 51.0 Å². The molecule has 5 heteroatoms. The Morgan fingerprint density at radius 3 is 2.63 bits per heavy atom. The zero-order valence-corrected chi connectivity index (χ0v) is 13.0. The summed E-state index contributed by atoms with van der Waals surface area (Å²) in [6.07, 6.45) is 2.36. The highest BCUT2D eigenvalue weighted by Crippen LogP contribution is 2.28. The minimum absolute atomic E-state index is 0.0590. The molecule has 0 aromatic rings. The van der Waals surface area contributed by atoms with Crippen LogP contribution in [0.3, 0.4) is 0 Å². The monoisotopic (exact) mass is 273 g/mol. The molecule has 5 nitrogen and oxygen atoms in total. The van der Waals surface area contributed by atoms with Gasteiger partial charge in [0, 0.05) is 45.4 Å². The molecule has 0 radical (unpaired) electrons. The molecule has 1 aliphatic rings. The van der Waals surface area contributed by atoms with E-state index in [0.29, 0.717) is 12.6 Å². The third-order valence-corrected chi connectivity index (χ3v) is 4.21. The van der Waals surface area contributed by atoms with Gasteiger partial charge in [-0.05, 0) is 33.4 Å². The van der Waals surface area contributed by atoms with Crippen LogP contribution in [0.5, 0.6) is 0 Å². The van der Waals surface area contributed by atoms with Gasteiger partial charge >= 0.3 is 0 Å². The summed E-state index contributed by atoms with van der Waals surface area (Å²) in [6, 6.07) is 0.357. The van der Waals surface area contributed by atoms with E-state index >= 15 is 0 Å². The van der Waals surface area contributed by atoms with E-state index in [1.54, 1.807) is 14.2 Å². The number of likely N-dealkylation sites (tertiary alicyclic amines) is 1. The van der Waals surface area contributed by atoms with Gasteiger partial charge in [0.1, 0.15) is 0 Å². The molecule has 2 unspecified atom stereocenters. The van der Waals surface area contributed by atoms with Crippen molar-refractivity contribution in [2.45, 2.75) is 31.3 Å². The first-order chi connectivity index (χ1) is 9.09. The van der Waals surface area contributed by atoms with Crippen LogP contribution in [0.15, 0.2) is 0 Å². The van der Waals surface area contributed by atoms with Gasteiger partial charge in [-0.15, -0.1) is 0 Å². The first-order valence-electron chi connectivity index (χ1n) is 7.23. The first kappa shape index (κ1) is 16.9. The molecule has 0 aromatic heterocycles. The van der Waals surface area contributed by atoms with Crippen LogP contribution in [0.25, 0.3) is 0 Å². The molecule has 0 aromatic carbocycles. The number of hydrogen-bond acceptors (Lipinski definition) is 5. The molecule has 0 spiro atoms. The molecule has 0 bridgehead atoms. The fourth-order valence-electron chi connectivity index (χ4n) is 3.30. The lowest BCUT2D eigenvalue weighted by molar-refractivity contribution is -0.0334. The third kappa shape index (κ3) is 4.39. The van der Waals surface area contributed by atoms with E-state index in [-0.39, 0.29) is 5.54 Å². The Hall–Kier alpha value is -0.200. The maximum Gasteiger partial charge on any atom is 0.0615 e. The Bertz CT molecular complexity index is 253. The lowest BCUT2D eigenvalue weighted by Crippen LogP contribution is -2.65. The van der Waals surface area contributed by atoms with Gasteiger partial charge in [0.05, 0.1) is 13.2 Å². The molecule has 1 fully saturated rings. The maximum absolute atomic E-state index is 6.16. The van der Waals surface area contributed by atoms with Gasteiger partial charge in [0.2, 0.25) is 0 Å². The number of rotatable bonds is 8. The van der Waals surface area contributed by atoms with Crippen molar-refractivity contribution in [3.05, 3.63) is 0 Å². The molecule has 0 saturated carbocycles. The highest BCUT2D eigenvalue weighted by Gasteiger charge is 2.40. The van der Waals surface area contributed by atoms with Crippen LogP contribution < -0.4 is 5.73 Å². The van der Waals surface area contributed by atoms with E-state index in [0.717, 1.165) is 32.7 Å². The second kappa shape index (κ2) is 8.17. The lowest BCUT2D eigenvalue weighted by atomic mass is 9.86. The summed E-state index contributed by atoms with van der Waals surface area (Å²) in [4.78, 5) is 4.88. The van der Waals surface area contributed by atoms with E-state index in [1.165, 1.54) is 13.0 Å². The minimum atomic E-state index is 0.0590. The molecule has 2 N–H and O–H groups in total. The van der Waals surface area contributed by atoms with Crippen LogP contribution in [0.4, 0.5) is 0 Å². The smallest absolute Gasteiger partial charge is 0.0615 e. The highest BCUT2D eigenvalue weighted by molar-refractivity contribution is 4.98. The quantitative estimate of drug-likeness (QED) is 0.693. The van der Waals surface area contributed by atoms with Crippen LogP contribution in [0.2, 0.25) is 0 Å². The summed E-state index contributed by atoms with van der Waals surface area (Å²) in [7, 11) is 5.69. The number of nitrogens with two attached hydrogens (primary N) is 1. The van der Waals surface area contributed by atoms with Crippen LogP contribution >= 0.6 is 0 Å². The number of nitrogens with zero attached hydrogens (tertiary/aromatic N) is 2. The van der Waals surface area contributed by atoms with E-state index < -0.39 is 0 Å². The van der Waals surface area contributed by atoms with Gasteiger partial charge in [0.25, 0.3) is 0 Å². The number of piperidine rings is 1. The molecule has 0 amide bonds. The Kier molecular flexibility index (Phi) is 7.25. The van der Waals surface area contributed by atoms with Crippen LogP contribution in [-0.4, -0.2) is 82.0 Å². The Morgan fingerprint density at radius 1 is 1.37 bits per heavy atom. The van der Waals surface area contributed by atoms with E-state index in [9.17, 15) is 0 Å². The van der Waals surface area contributed by atoms with Crippen molar-refractivity contribution in [1.82, 2.24) is 9.80 Å². The number of methoxy groups -OCH3 is 2. The minimum Gasteiger partial charge on any atom is -0.383 e. The third-order valence-electron chi connectivity index (χ3n) is 4.21. The molecule has 0 aliphatic carbocycles. The summed E-state index contributed by atoms with van der Waals surface area (Å²) in [5.74, 6) is 0. The standard InChI is InChI=1S/C14H31N3O2/c1-13(10-19-4)17(8-9-18-3)14(11-15)6-5-7-16(2)12-14/h13H,5-12,15H2,1-4H3. The Morgan fingerprint density at radius 2 is 2.11 bits per heavy atom. The van der Waals surface area contributed by atoms with Crippen LogP contribution in [-0.2, 0) is 9.47 Å².